The second-order valence-electron chi connectivity index (χ2n) is 29.3. The lowest BCUT2D eigenvalue weighted by Gasteiger charge is -2.21. The lowest BCUT2D eigenvalue weighted by atomic mass is 9.99. The molecule has 0 amide bonds. The van der Waals surface area contributed by atoms with Gasteiger partial charge in [-0.25, -0.2) is 9.13 Å². The van der Waals surface area contributed by atoms with Gasteiger partial charge in [-0.3, -0.25) is 37.3 Å². The highest BCUT2D eigenvalue weighted by atomic mass is 31.2. The molecular weight excluding hydrogens is 1270 g/mol. The largest absolute Gasteiger partial charge is 0.472 e. The predicted octanol–water partition coefficient (Wildman–Crippen LogP) is 23.0. The number of carbonyl (C=O) groups excluding carboxylic acids is 4. The zero-order valence-electron chi connectivity index (χ0n) is 63.5. The van der Waals surface area contributed by atoms with Crippen LogP contribution in [-0.2, 0) is 65.4 Å². The number of hydrogen-bond acceptors (Lipinski definition) is 15. The summed E-state index contributed by atoms with van der Waals surface area (Å²) in [7, 11) is -9.92. The Bertz CT molecular complexity index is 1890. The normalized spacial score (nSPS) is 14.3. The molecule has 0 aliphatic heterocycles. The van der Waals surface area contributed by atoms with Crippen molar-refractivity contribution in [3.05, 3.63) is 0 Å². The Hall–Kier alpha value is -1.94. The Morgan fingerprint density at radius 2 is 0.526 bits per heavy atom. The maximum absolute atomic E-state index is 13.1. The highest BCUT2D eigenvalue weighted by Crippen LogP contribution is 2.45. The van der Waals surface area contributed by atoms with E-state index < -0.39 is 97.5 Å². The number of ether oxygens (including phenoxy) is 4. The van der Waals surface area contributed by atoms with Crippen LogP contribution in [0.1, 0.15) is 402 Å². The lowest BCUT2D eigenvalue weighted by Crippen LogP contribution is -2.30. The first-order chi connectivity index (χ1) is 46.8. The number of aliphatic hydroxyl groups is 1. The Labute approximate surface area is 594 Å². The van der Waals surface area contributed by atoms with Crippen molar-refractivity contribution >= 4 is 39.5 Å². The topological polar surface area (TPSA) is 237 Å². The van der Waals surface area contributed by atoms with Gasteiger partial charge in [0.2, 0.25) is 0 Å². The van der Waals surface area contributed by atoms with Crippen molar-refractivity contribution in [3.8, 4) is 0 Å². The SMILES string of the molecule is CCCCCCCCCCCCCCCC(=O)OC[C@H](COP(=O)(O)OC[C@H](O)COP(=O)(O)OC[C@@H](COC(=O)CCCCCCCCCCCCC(C)CC)OC(=O)CCCCCCCCCCCCCCCCC(C)C)OC(=O)CCCCCCCCCCCCC(C)C. The number of rotatable bonds is 76. The number of esters is 4. The zero-order valence-corrected chi connectivity index (χ0v) is 65.3. The zero-order chi connectivity index (χ0) is 71.6. The smallest absolute Gasteiger partial charge is 0.462 e. The summed E-state index contributed by atoms with van der Waals surface area (Å²) in [6.45, 7) is 12.0. The molecule has 0 radical (unpaired) electrons. The van der Waals surface area contributed by atoms with Gasteiger partial charge in [-0.1, -0.05) is 350 Å². The molecular formula is C78H152O17P2. The van der Waals surface area contributed by atoms with E-state index in [1.807, 2.05) is 0 Å². The van der Waals surface area contributed by atoms with Crippen LogP contribution in [0.5, 0.6) is 0 Å². The molecule has 576 valence electrons. The number of carbonyl (C=O) groups is 4. The van der Waals surface area contributed by atoms with Crippen LogP contribution in [0.4, 0.5) is 0 Å². The fraction of sp³-hybridized carbons (Fsp3) is 0.949. The van der Waals surface area contributed by atoms with Crippen LogP contribution in [0, 0.1) is 17.8 Å². The maximum Gasteiger partial charge on any atom is 0.472 e. The van der Waals surface area contributed by atoms with Crippen molar-refractivity contribution in [1.82, 2.24) is 0 Å². The molecule has 0 aromatic heterocycles. The van der Waals surface area contributed by atoms with Crippen molar-refractivity contribution in [2.75, 3.05) is 39.6 Å². The van der Waals surface area contributed by atoms with Gasteiger partial charge in [0.15, 0.2) is 12.2 Å². The van der Waals surface area contributed by atoms with Crippen molar-refractivity contribution in [1.29, 1.82) is 0 Å². The van der Waals surface area contributed by atoms with Gasteiger partial charge in [0.1, 0.15) is 19.3 Å². The van der Waals surface area contributed by atoms with E-state index in [0.717, 1.165) is 108 Å². The first-order valence-electron chi connectivity index (χ1n) is 40.4. The predicted molar refractivity (Wildman–Crippen MR) is 395 cm³/mol. The fourth-order valence-electron chi connectivity index (χ4n) is 11.9. The maximum atomic E-state index is 13.1. The van der Waals surface area contributed by atoms with Crippen LogP contribution < -0.4 is 0 Å². The number of aliphatic hydroxyl groups excluding tert-OH is 1. The molecule has 0 aliphatic rings. The Kier molecular flexibility index (Phi) is 67.1. The van der Waals surface area contributed by atoms with E-state index in [2.05, 4.69) is 48.5 Å². The van der Waals surface area contributed by atoms with Gasteiger partial charge >= 0.3 is 39.5 Å². The minimum atomic E-state index is -4.96. The molecule has 6 atom stereocenters. The second-order valence-corrected chi connectivity index (χ2v) is 32.2. The van der Waals surface area contributed by atoms with Crippen molar-refractivity contribution in [3.63, 3.8) is 0 Å². The molecule has 0 spiro atoms. The lowest BCUT2D eigenvalue weighted by molar-refractivity contribution is -0.161. The molecule has 0 saturated carbocycles. The van der Waals surface area contributed by atoms with Gasteiger partial charge in [0.05, 0.1) is 26.4 Å². The van der Waals surface area contributed by atoms with E-state index in [4.69, 9.17) is 37.0 Å². The van der Waals surface area contributed by atoms with Crippen LogP contribution in [-0.4, -0.2) is 96.7 Å². The van der Waals surface area contributed by atoms with E-state index in [-0.39, 0.29) is 25.7 Å². The molecule has 17 nitrogen and oxygen atoms in total. The summed E-state index contributed by atoms with van der Waals surface area (Å²) in [6.07, 6.45) is 55.3. The van der Waals surface area contributed by atoms with Gasteiger partial charge in [0, 0.05) is 25.7 Å². The van der Waals surface area contributed by atoms with Gasteiger partial charge < -0.3 is 33.8 Å². The molecule has 97 heavy (non-hydrogen) atoms. The average Bonchev–Trinajstić information content (AvgIpc) is 1.28. The van der Waals surface area contributed by atoms with E-state index in [0.29, 0.717) is 25.7 Å². The van der Waals surface area contributed by atoms with Crippen molar-refractivity contribution in [2.24, 2.45) is 17.8 Å². The molecule has 0 aromatic carbocycles. The van der Waals surface area contributed by atoms with Crippen LogP contribution in [0.15, 0.2) is 0 Å². The van der Waals surface area contributed by atoms with Crippen LogP contribution in [0.25, 0.3) is 0 Å². The molecule has 0 aliphatic carbocycles. The summed E-state index contributed by atoms with van der Waals surface area (Å²) >= 11 is 0. The van der Waals surface area contributed by atoms with E-state index >= 15 is 0 Å². The summed E-state index contributed by atoms with van der Waals surface area (Å²) in [5, 5.41) is 10.6. The van der Waals surface area contributed by atoms with Gasteiger partial charge in [0.25, 0.3) is 0 Å². The average molecular weight is 1420 g/mol. The summed E-state index contributed by atoms with van der Waals surface area (Å²) in [5.41, 5.74) is 0. The second kappa shape index (κ2) is 68.5. The molecule has 0 bridgehead atoms. The highest BCUT2D eigenvalue weighted by Gasteiger charge is 2.30. The summed E-state index contributed by atoms with van der Waals surface area (Å²) in [5.74, 6) is 0.243. The minimum Gasteiger partial charge on any atom is -0.462 e. The molecule has 3 unspecified atom stereocenters. The summed E-state index contributed by atoms with van der Waals surface area (Å²) in [4.78, 5) is 72.9. The third-order valence-corrected chi connectivity index (χ3v) is 20.4. The molecule has 0 saturated heterocycles. The van der Waals surface area contributed by atoms with Crippen LogP contribution in [0.2, 0.25) is 0 Å². The minimum absolute atomic E-state index is 0.106. The molecule has 19 heteroatoms. The van der Waals surface area contributed by atoms with E-state index in [1.54, 1.807) is 0 Å². The standard InChI is InChI=1S/C78H152O17P2/c1-8-10-11-12-13-14-15-18-22-31-38-45-52-59-75(80)88-65-74(95-78(83)62-55-48-41-34-26-24-29-36-43-50-57-70(5)6)68-93-97(86,87)91-64-72(79)63-90-96(84,85)92-67-73(66-89-76(81)60-53-46-39-32-27-25-30-37-44-51-58-71(7)9-2)94-77(82)61-54-47-40-33-23-20-17-16-19-21-28-35-42-49-56-69(3)4/h69-74,79H,8-68H2,1-7H3,(H,84,85)(H,86,87)/t71?,72-,73-,74-/m1/s1. The molecule has 0 rings (SSSR count). The summed E-state index contributed by atoms with van der Waals surface area (Å²) < 4.78 is 68.6. The number of unbranched alkanes of at least 4 members (excludes halogenated alkanes) is 43. The molecule has 3 N–H and O–H groups in total. The first kappa shape index (κ1) is 95.1. The Balaban J connectivity index is 5.27. The van der Waals surface area contributed by atoms with Gasteiger partial charge in [-0.15, -0.1) is 0 Å². The van der Waals surface area contributed by atoms with E-state index in [9.17, 15) is 43.2 Å². The van der Waals surface area contributed by atoms with Crippen LogP contribution in [0.3, 0.4) is 0 Å². The van der Waals surface area contributed by atoms with Gasteiger partial charge in [-0.2, -0.15) is 0 Å². The van der Waals surface area contributed by atoms with Crippen molar-refractivity contribution in [2.45, 2.75) is 420 Å². The van der Waals surface area contributed by atoms with Crippen molar-refractivity contribution < 1.29 is 80.2 Å². The number of hydrogen-bond donors (Lipinski definition) is 3. The third kappa shape index (κ3) is 70.9. The highest BCUT2D eigenvalue weighted by molar-refractivity contribution is 7.47. The fourth-order valence-corrected chi connectivity index (χ4v) is 13.5. The molecule has 0 heterocycles. The quantitative estimate of drug-likeness (QED) is 0.0222. The Morgan fingerprint density at radius 1 is 0.299 bits per heavy atom. The Morgan fingerprint density at radius 3 is 0.784 bits per heavy atom. The summed E-state index contributed by atoms with van der Waals surface area (Å²) in [6, 6.07) is 0. The number of phosphoric acid groups is 2. The third-order valence-electron chi connectivity index (χ3n) is 18.5. The van der Waals surface area contributed by atoms with Crippen LogP contribution >= 0.6 is 15.6 Å². The molecule has 0 fully saturated rings. The van der Waals surface area contributed by atoms with E-state index in [1.165, 1.54) is 212 Å². The number of phosphoric ester groups is 2. The van der Waals surface area contributed by atoms with Gasteiger partial charge in [-0.05, 0) is 43.4 Å². The molecule has 0 aromatic rings. The first-order valence-corrected chi connectivity index (χ1v) is 43.4. The monoisotopic (exact) mass is 1420 g/mol.